The number of hydrogen-bond donors (Lipinski definition) is 1. The van der Waals surface area contributed by atoms with E-state index in [0.717, 1.165) is 18.0 Å². The average molecular weight is 344 g/mol. The first-order valence-electron chi connectivity index (χ1n) is 8.58. The summed E-state index contributed by atoms with van der Waals surface area (Å²) in [6.07, 6.45) is 3.77. The van der Waals surface area contributed by atoms with Crippen LogP contribution in [-0.4, -0.2) is 28.1 Å². The van der Waals surface area contributed by atoms with E-state index in [2.05, 4.69) is 24.3 Å². The molecule has 1 atom stereocenters. The van der Waals surface area contributed by atoms with Gasteiger partial charge in [0.25, 0.3) is 0 Å². The van der Waals surface area contributed by atoms with Crippen molar-refractivity contribution in [2.24, 2.45) is 11.8 Å². The van der Waals surface area contributed by atoms with E-state index < -0.39 is 0 Å². The molecule has 3 heterocycles. The molecule has 7 nitrogen and oxygen atoms in total. The maximum absolute atomic E-state index is 12.3. The molecule has 2 aromatic rings. The molecule has 134 valence electrons. The molecule has 3 rings (SSSR count). The number of aryl methyl sites for hydroxylation is 1. The second-order valence-electron chi connectivity index (χ2n) is 6.95. The molecular weight excluding hydrogens is 320 g/mol. The van der Waals surface area contributed by atoms with E-state index in [1.54, 1.807) is 11.1 Å². The van der Waals surface area contributed by atoms with Gasteiger partial charge in [0.1, 0.15) is 11.5 Å². The van der Waals surface area contributed by atoms with Crippen LogP contribution in [0.5, 0.6) is 0 Å². The van der Waals surface area contributed by atoms with Crippen molar-refractivity contribution in [1.82, 2.24) is 15.1 Å². The molecule has 25 heavy (non-hydrogen) atoms. The maximum atomic E-state index is 12.3. The molecule has 1 aliphatic heterocycles. The fourth-order valence-electron chi connectivity index (χ4n) is 3.00. The predicted octanol–water partition coefficient (Wildman–Crippen LogP) is 2.11. The largest absolute Gasteiger partial charge is 0.465 e. The minimum absolute atomic E-state index is 0.0434. The van der Waals surface area contributed by atoms with Gasteiger partial charge in [-0.25, -0.2) is 0 Å². The van der Waals surface area contributed by atoms with E-state index in [4.69, 9.17) is 4.42 Å². The third kappa shape index (κ3) is 4.10. The van der Waals surface area contributed by atoms with Crippen molar-refractivity contribution < 1.29 is 14.0 Å². The van der Waals surface area contributed by atoms with Gasteiger partial charge in [-0.2, -0.15) is 5.10 Å². The number of rotatable bonds is 6. The van der Waals surface area contributed by atoms with Crippen LogP contribution in [0.1, 0.15) is 31.8 Å². The van der Waals surface area contributed by atoms with Gasteiger partial charge in [0.15, 0.2) is 0 Å². The van der Waals surface area contributed by atoms with Gasteiger partial charge in [-0.3, -0.25) is 14.3 Å². The quantitative estimate of drug-likeness (QED) is 0.870. The summed E-state index contributed by atoms with van der Waals surface area (Å²) in [6, 6.07) is 3.70. The minimum atomic E-state index is -0.350. The number of carbonyl (C=O) groups excluding carboxylic acids is 2. The fourth-order valence-corrected chi connectivity index (χ4v) is 3.00. The number of nitrogens with zero attached hydrogens (tertiary/aromatic N) is 3. The maximum Gasteiger partial charge on any atom is 0.227 e. The molecule has 0 bridgehead atoms. The van der Waals surface area contributed by atoms with E-state index in [1.807, 2.05) is 29.9 Å². The summed E-state index contributed by atoms with van der Waals surface area (Å²) in [6.45, 7) is 7.61. The topological polar surface area (TPSA) is 80.4 Å². The molecule has 7 heteroatoms. The number of amides is 2. The first kappa shape index (κ1) is 17.3. The Kier molecular flexibility index (Phi) is 4.92. The van der Waals surface area contributed by atoms with Gasteiger partial charge >= 0.3 is 0 Å². The van der Waals surface area contributed by atoms with Crippen molar-refractivity contribution in [3.8, 4) is 0 Å². The van der Waals surface area contributed by atoms with Crippen molar-refractivity contribution in [3.05, 3.63) is 36.0 Å². The predicted molar refractivity (Wildman–Crippen MR) is 92.8 cm³/mol. The van der Waals surface area contributed by atoms with Crippen molar-refractivity contribution in [3.63, 3.8) is 0 Å². The third-order valence-electron chi connectivity index (χ3n) is 4.21. The van der Waals surface area contributed by atoms with Crippen molar-refractivity contribution in [2.75, 3.05) is 11.4 Å². The first-order valence-corrected chi connectivity index (χ1v) is 8.58. The van der Waals surface area contributed by atoms with Crippen LogP contribution >= 0.6 is 0 Å². The fraction of sp³-hybridized carbons (Fsp3) is 0.500. The second kappa shape index (κ2) is 7.13. The molecule has 1 fully saturated rings. The molecular formula is C18H24N4O3. The molecule has 2 amide bonds. The number of carbonyl (C=O) groups is 2. The van der Waals surface area contributed by atoms with Gasteiger partial charge in [0, 0.05) is 25.7 Å². The highest BCUT2D eigenvalue weighted by Crippen LogP contribution is 2.25. The summed E-state index contributed by atoms with van der Waals surface area (Å²) in [5.41, 5.74) is 0.752. The van der Waals surface area contributed by atoms with Crippen molar-refractivity contribution >= 4 is 17.5 Å². The van der Waals surface area contributed by atoms with E-state index in [-0.39, 0.29) is 24.2 Å². The van der Waals surface area contributed by atoms with Crippen LogP contribution in [0.15, 0.2) is 28.9 Å². The SMILES string of the molecule is Cc1ccc(CNC(=O)[C@@H]2CC(=O)N(c3cnn(CC(C)C)c3)C2)o1. The van der Waals surface area contributed by atoms with E-state index in [1.165, 1.54) is 0 Å². The summed E-state index contributed by atoms with van der Waals surface area (Å²) in [7, 11) is 0. The zero-order chi connectivity index (χ0) is 18.0. The Morgan fingerprint density at radius 3 is 2.92 bits per heavy atom. The number of hydrogen-bond acceptors (Lipinski definition) is 4. The van der Waals surface area contributed by atoms with Gasteiger partial charge in [-0.1, -0.05) is 13.8 Å². The van der Waals surface area contributed by atoms with Crippen LogP contribution in [-0.2, 0) is 22.7 Å². The van der Waals surface area contributed by atoms with E-state index in [9.17, 15) is 9.59 Å². The van der Waals surface area contributed by atoms with Gasteiger partial charge in [0.05, 0.1) is 24.3 Å². The zero-order valence-corrected chi connectivity index (χ0v) is 14.9. The Morgan fingerprint density at radius 1 is 1.44 bits per heavy atom. The molecule has 0 saturated carbocycles. The number of anilines is 1. The smallest absolute Gasteiger partial charge is 0.227 e. The molecule has 0 radical (unpaired) electrons. The molecule has 2 aromatic heterocycles. The zero-order valence-electron chi connectivity index (χ0n) is 14.9. The second-order valence-corrected chi connectivity index (χ2v) is 6.95. The lowest BCUT2D eigenvalue weighted by atomic mass is 10.1. The average Bonchev–Trinajstić information content (AvgIpc) is 3.25. The van der Waals surface area contributed by atoms with Crippen molar-refractivity contribution in [1.29, 1.82) is 0 Å². The lowest BCUT2D eigenvalue weighted by molar-refractivity contribution is -0.126. The van der Waals surface area contributed by atoms with Crippen LogP contribution in [0.2, 0.25) is 0 Å². The molecule has 0 aromatic carbocycles. The number of nitrogens with one attached hydrogen (secondary N) is 1. The monoisotopic (exact) mass is 344 g/mol. The Morgan fingerprint density at radius 2 is 2.24 bits per heavy atom. The van der Waals surface area contributed by atoms with Crippen LogP contribution in [0, 0.1) is 18.8 Å². The standard InChI is InChI=1S/C18H24N4O3/c1-12(2)9-21-11-15(7-20-21)22-10-14(6-17(22)23)18(24)19-8-16-5-4-13(3)25-16/h4-5,7,11-12,14H,6,8-10H2,1-3H3,(H,19,24)/t14-/m1/s1. The van der Waals surface area contributed by atoms with Crippen LogP contribution in [0.4, 0.5) is 5.69 Å². The molecule has 0 aliphatic carbocycles. The summed E-state index contributed by atoms with van der Waals surface area (Å²) >= 11 is 0. The first-order chi connectivity index (χ1) is 11.9. The highest BCUT2D eigenvalue weighted by molar-refractivity contribution is 6.00. The summed E-state index contributed by atoms with van der Waals surface area (Å²) in [5.74, 6) is 1.48. The lowest BCUT2D eigenvalue weighted by Crippen LogP contribution is -2.32. The van der Waals surface area contributed by atoms with Gasteiger partial charge < -0.3 is 14.6 Å². The molecule has 1 aliphatic rings. The Hall–Kier alpha value is -2.57. The molecule has 0 unspecified atom stereocenters. The van der Waals surface area contributed by atoms with E-state index in [0.29, 0.717) is 24.8 Å². The van der Waals surface area contributed by atoms with Crippen LogP contribution in [0.3, 0.4) is 0 Å². The van der Waals surface area contributed by atoms with Gasteiger partial charge in [-0.05, 0) is 25.0 Å². The number of furan rings is 1. The van der Waals surface area contributed by atoms with Gasteiger partial charge in [-0.15, -0.1) is 0 Å². The summed E-state index contributed by atoms with van der Waals surface area (Å²) in [5, 5.41) is 7.14. The lowest BCUT2D eigenvalue weighted by Gasteiger charge is -2.14. The van der Waals surface area contributed by atoms with Crippen LogP contribution in [0.25, 0.3) is 0 Å². The Bertz CT molecular complexity index is 762. The molecule has 1 N–H and O–H groups in total. The highest BCUT2D eigenvalue weighted by Gasteiger charge is 2.35. The molecule has 1 saturated heterocycles. The Balaban J connectivity index is 1.57. The minimum Gasteiger partial charge on any atom is -0.465 e. The van der Waals surface area contributed by atoms with Crippen LogP contribution < -0.4 is 10.2 Å². The number of aromatic nitrogens is 2. The molecule has 0 spiro atoms. The normalized spacial score (nSPS) is 17.5. The summed E-state index contributed by atoms with van der Waals surface area (Å²) < 4.78 is 7.27. The Labute approximate surface area is 147 Å². The third-order valence-corrected chi connectivity index (χ3v) is 4.21. The van der Waals surface area contributed by atoms with E-state index >= 15 is 0 Å². The van der Waals surface area contributed by atoms with Crippen molar-refractivity contribution in [2.45, 2.75) is 40.3 Å². The van der Waals surface area contributed by atoms with Gasteiger partial charge in [0.2, 0.25) is 11.8 Å². The summed E-state index contributed by atoms with van der Waals surface area (Å²) in [4.78, 5) is 26.3. The highest BCUT2D eigenvalue weighted by atomic mass is 16.3.